The second-order valence-corrected chi connectivity index (χ2v) is 6.94. The summed E-state index contributed by atoms with van der Waals surface area (Å²) in [6.07, 6.45) is 4.40. The van der Waals surface area contributed by atoms with Crippen molar-refractivity contribution in [2.24, 2.45) is 4.99 Å². The minimum absolute atomic E-state index is 0. The van der Waals surface area contributed by atoms with Crippen molar-refractivity contribution in [2.45, 2.75) is 51.2 Å². The van der Waals surface area contributed by atoms with Gasteiger partial charge in [0.25, 0.3) is 0 Å². The lowest BCUT2D eigenvalue weighted by atomic mass is 9.80. The van der Waals surface area contributed by atoms with E-state index in [0.717, 1.165) is 56.0 Å². The zero-order valence-corrected chi connectivity index (χ0v) is 17.7. The van der Waals surface area contributed by atoms with Gasteiger partial charge in [-0.3, -0.25) is 4.79 Å². The Labute approximate surface area is 172 Å². The van der Waals surface area contributed by atoms with Crippen LogP contribution in [0.5, 0.6) is 0 Å². The molecule has 2 fully saturated rings. The van der Waals surface area contributed by atoms with Gasteiger partial charge in [-0.15, -0.1) is 24.0 Å². The Morgan fingerprint density at radius 1 is 1.23 bits per heavy atom. The summed E-state index contributed by atoms with van der Waals surface area (Å²) in [5.74, 6) is 0.931. The van der Waals surface area contributed by atoms with Crippen LogP contribution in [0.15, 0.2) is 29.3 Å². The van der Waals surface area contributed by atoms with Crippen molar-refractivity contribution in [3.8, 4) is 0 Å². The maximum Gasteiger partial charge on any atom is 0.227 e. The molecule has 0 atom stereocenters. The predicted molar refractivity (Wildman–Crippen MR) is 115 cm³/mol. The van der Waals surface area contributed by atoms with Crippen LogP contribution in [0.3, 0.4) is 0 Å². The number of carbonyl (C=O) groups excluding carboxylic acids is 1. The van der Waals surface area contributed by atoms with E-state index in [0.29, 0.717) is 19.5 Å². The number of hydrogen-bond donors (Lipinski definition) is 3. The molecule has 0 radical (unpaired) electrons. The number of aliphatic hydroxyl groups is 1. The maximum absolute atomic E-state index is 11.8. The number of anilines is 1. The van der Waals surface area contributed by atoms with E-state index in [2.05, 4.69) is 15.6 Å². The zero-order chi connectivity index (χ0) is 17.7. The monoisotopic (exact) mass is 472 g/mol. The molecule has 1 aromatic rings. The van der Waals surface area contributed by atoms with Gasteiger partial charge in [0.2, 0.25) is 5.91 Å². The SMILES string of the molecule is CCNC(=NCc1ccc(N2CCCC2=O)cc1)NCC1(O)CCC1.I. The predicted octanol–water partition coefficient (Wildman–Crippen LogP) is 2.40. The fourth-order valence-corrected chi connectivity index (χ4v) is 3.22. The Morgan fingerprint density at radius 3 is 2.50 bits per heavy atom. The highest BCUT2D eigenvalue weighted by atomic mass is 127. The summed E-state index contributed by atoms with van der Waals surface area (Å²) in [6, 6.07) is 8.03. The molecule has 1 aliphatic heterocycles. The van der Waals surface area contributed by atoms with E-state index >= 15 is 0 Å². The number of halogens is 1. The van der Waals surface area contributed by atoms with Crippen LogP contribution in [0.25, 0.3) is 0 Å². The lowest BCUT2D eigenvalue weighted by Crippen LogP contribution is -2.50. The van der Waals surface area contributed by atoms with E-state index < -0.39 is 5.60 Å². The van der Waals surface area contributed by atoms with Crippen molar-refractivity contribution in [2.75, 3.05) is 24.5 Å². The van der Waals surface area contributed by atoms with Crippen molar-refractivity contribution in [1.29, 1.82) is 0 Å². The van der Waals surface area contributed by atoms with Crippen molar-refractivity contribution < 1.29 is 9.90 Å². The molecule has 7 heteroatoms. The molecule has 1 saturated carbocycles. The fourth-order valence-electron chi connectivity index (χ4n) is 3.22. The van der Waals surface area contributed by atoms with Gasteiger partial charge in [0.1, 0.15) is 0 Å². The first-order chi connectivity index (χ1) is 12.1. The molecule has 0 spiro atoms. The molecule has 0 aromatic heterocycles. The molecule has 1 aromatic carbocycles. The summed E-state index contributed by atoms with van der Waals surface area (Å²) >= 11 is 0. The Morgan fingerprint density at radius 2 is 1.96 bits per heavy atom. The van der Waals surface area contributed by atoms with E-state index in [1.807, 2.05) is 36.1 Å². The maximum atomic E-state index is 11.8. The van der Waals surface area contributed by atoms with Crippen LogP contribution in [0.2, 0.25) is 0 Å². The highest BCUT2D eigenvalue weighted by molar-refractivity contribution is 14.0. The third-order valence-corrected chi connectivity index (χ3v) is 4.95. The Balaban J connectivity index is 0.00000243. The van der Waals surface area contributed by atoms with Crippen LogP contribution in [0.4, 0.5) is 5.69 Å². The quantitative estimate of drug-likeness (QED) is 0.338. The van der Waals surface area contributed by atoms with Crippen LogP contribution >= 0.6 is 24.0 Å². The molecular weight excluding hydrogens is 443 g/mol. The average Bonchev–Trinajstić information content (AvgIpc) is 3.02. The average molecular weight is 472 g/mol. The van der Waals surface area contributed by atoms with Crippen molar-refractivity contribution in [3.63, 3.8) is 0 Å². The summed E-state index contributed by atoms with van der Waals surface area (Å²) in [7, 11) is 0. The first-order valence-electron chi connectivity index (χ1n) is 9.23. The Hall–Kier alpha value is -1.35. The first kappa shape index (κ1) is 21.0. The van der Waals surface area contributed by atoms with E-state index in [1.165, 1.54) is 0 Å². The summed E-state index contributed by atoms with van der Waals surface area (Å²) < 4.78 is 0. The summed E-state index contributed by atoms with van der Waals surface area (Å²) in [5.41, 5.74) is 1.49. The molecular formula is C19H29IN4O2. The van der Waals surface area contributed by atoms with Gasteiger partial charge < -0.3 is 20.6 Å². The molecule has 0 bridgehead atoms. The van der Waals surface area contributed by atoms with Crippen molar-refractivity contribution in [1.82, 2.24) is 10.6 Å². The topological polar surface area (TPSA) is 77.0 Å². The molecule has 3 N–H and O–H groups in total. The number of hydrogen-bond acceptors (Lipinski definition) is 3. The summed E-state index contributed by atoms with van der Waals surface area (Å²) in [5, 5.41) is 16.6. The minimum atomic E-state index is -0.569. The first-order valence-corrected chi connectivity index (χ1v) is 9.23. The standard InChI is InChI=1S/C19H28N4O2.HI/c1-2-20-18(22-14-19(25)10-4-11-19)21-13-15-6-8-16(9-7-15)23-12-3-5-17(23)24;/h6-9,25H,2-5,10-14H2,1H3,(H2,20,21,22);1H. The summed E-state index contributed by atoms with van der Waals surface area (Å²) in [4.78, 5) is 18.2. The van der Waals surface area contributed by atoms with Gasteiger partial charge in [0, 0.05) is 31.7 Å². The van der Waals surface area contributed by atoms with Gasteiger partial charge in [-0.2, -0.15) is 0 Å². The number of aliphatic imine (C=N–C) groups is 1. The Bertz CT molecular complexity index is 629. The van der Waals surface area contributed by atoms with E-state index in [1.54, 1.807) is 0 Å². The lowest BCUT2D eigenvalue weighted by Gasteiger charge is -2.37. The number of nitrogens with one attached hydrogen (secondary N) is 2. The van der Waals surface area contributed by atoms with Gasteiger partial charge in [0.15, 0.2) is 5.96 Å². The van der Waals surface area contributed by atoms with Gasteiger partial charge in [0.05, 0.1) is 12.1 Å². The number of amides is 1. The third kappa shape index (κ3) is 5.33. The largest absolute Gasteiger partial charge is 0.388 e. The molecule has 1 amide bonds. The smallest absolute Gasteiger partial charge is 0.227 e. The van der Waals surface area contributed by atoms with Crippen LogP contribution in [-0.2, 0) is 11.3 Å². The normalized spacial score (nSPS) is 18.9. The van der Waals surface area contributed by atoms with Gasteiger partial charge in [-0.1, -0.05) is 12.1 Å². The number of nitrogens with zero attached hydrogens (tertiary/aromatic N) is 2. The number of rotatable bonds is 6. The molecule has 26 heavy (non-hydrogen) atoms. The van der Waals surface area contributed by atoms with Crippen molar-refractivity contribution >= 4 is 41.5 Å². The zero-order valence-electron chi connectivity index (χ0n) is 15.3. The van der Waals surface area contributed by atoms with Crippen molar-refractivity contribution in [3.05, 3.63) is 29.8 Å². The number of guanidine groups is 1. The molecule has 2 aliphatic rings. The second kappa shape index (κ2) is 9.55. The molecule has 1 saturated heterocycles. The van der Waals surface area contributed by atoms with Crippen LogP contribution in [-0.4, -0.2) is 42.2 Å². The van der Waals surface area contributed by atoms with E-state index in [9.17, 15) is 9.90 Å². The molecule has 0 unspecified atom stereocenters. The lowest BCUT2D eigenvalue weighted by molar-refractivity contribution is -0.117. The molecule has 1 heterocycles. The molecule has 6 nitrogen and oxygen atoms in total. The molecule has 1 aliphatic carbocycles. The van der Waals surface area contributed by atoms with E-state index in [4.69, 9.17) is 0 Å². The van der Waals surface area contributed by atoms with Gasteiger partial charge >= 0.3 is 0 Å². The fraction of sp³-hybridized carbons (Fsp3) is 0.579. The third-order valence-electron chi connectivity index (χ3n) is 4.95. The van der Waals surface area contributed by atoms with Crippen LogP contribution in [0.1, 0.15) is 44.6 Å². The number of benzene rings is 1. The Kier molecular flexibility index (Phi) is 7.69. The number of carbonyl (C=O) groups is 1. The highest BCUT2D eigenvalue weighted by Gasteiger charge is 2.34. The van der Waals surface area contributed by atoms with E-state index in [-0.39, 0.29) is 29.9 Å². The van der Waals surface area contributed by atoms with Crippen LogP contribution in [0, 0.1) is 0 Å². The van der Waals surface area contributed by atoms with Gasteiger partial charge in [-0.25, -0.2) is 4.99 Å². The highest BCUT2D eigenvalue weighted by Crippen LogP contribution is 2.30. The van der Waals surface area contributed by atoms with Crippen LogP contribution < -0.4 is 15.5 Å². The minimum Gasteiger partial charge on any atom is -0.388 e. The summed E-state index contributed by atoms with van der Waals surface area (Å²) in [6.45, 7) is 4.71. The molecule has 144 valence electrons. The second-order valence-electron chi connectivity index (χ2n) is 6.94. The van der Waals surface area contributed by atoms with Gasteiger partial charge in [-0.05, 0) is 50.3 Å². The molecule has 3 rings (SSSR count).